The molecule has 1 fully saturated rings. The summed E-state index contributed by atoms with van der Waals surface area (Å²) >= 11 is 0. The zero-order valence-corrected chi connectivity index (χ0v) is 14.9. The van der Waals surface area contributed by atoms with E-state index in [0.29, 0.717) is 37.6 Å². The van der Waals surface area contributed by atoms with Gasteiger partial charge in [-0.1, -0.05) is 18.2 Å². The van der Waals surface area contributed by atoms with Crippen molar-refractivity contribution in [2.75, 3.05) is 49.6 Å². The largest absolute Gasteiger partial charge is 0.382 e. The number of ether oxygens (including phenoxy) is 1. The highest BCUT2D eigenvalue weighted by atomic mass is 19.1. The van der Waals surface area contributed by atoms with E-state index < -0.39 is 5.82 Å². The van der Waals surface area contributed by atoms with Crippen LogP contribution in [0.2, 0.25) is 0 Å². The molecule has 1 aliphatic rings. The Balaban J connectivity index is 1.58. The monoisotopic (exact) mass is 368 g/mol. The second-order valence-corrected chi connectivity index (χ2v) is 6.07. The maximum atomic E-state index is 13.6. The molecule has 1 saturated heterocycles. The molecule has 0 bridgehead atoms. The van der Waals surface area contributed by atoms with Crippen molar-refractivity contribution in [3.05, 3.63) is 59.4 Å². The van der Waals surface area contributed by atoms with Crippen molar-refractivity contribution in [3.63, 3.8) is 0 Å². The number of para-hydroxylation sites is 1. The summed E-state index contributed by atoms with van der Waals surface area (Å²) in [7, 11) is 0. The van der Waals surface area contributed by atoms with Crippen LogP contribution in [0.3, 0.4) is 0 Å². The number of nitrogens with zero attached hydrogens (tertiary/aromatic N) is 2. The molecular weight excluding hydrogens is 347 g/mol. The molecule has 27 heavy (non-hydrogen) atoms. The van der Waals surface area contributed by atoms with E-state index in [2.05, 4.69) is 15.5 Å². The van der Waals surface area contributed by atoms with Crippen LogP contribution in [0.15, 0.2) is 42.5 Å². The number of hydrogen-bond donors (Lipinski definition) is 2. The third kappa shape index (κ3) is 4.54. The molecule has 1 amide bonds. The van der Waals surface area contributed by atoms with Gasteiger partial charge in [0.25, 0.3) is 5.91 Å². The molecule has 2 aromatic rings. The van der Waals surface area contributed by atoms with Crippen LogP contribution in [0.4, 0.5) is 15.8 Å². The van der Waals surface area contributed by atoms with Crippen LogP contribution in [0.1, 0.15) is 15.9 Å². The summed E-state index contributed by atoms with van der Waals surface area (Å²) in [4.78, 5) is 14.7. The Morgan fingerprint density at radius 1 is 1.15 bits per heavy atom. The number of benzene rings is 2. The molecule has 140 valence electrons. The number of anilines is 2. The minimum absolute atomic E-state index is 0.0264. The van der Waals surface area contributed by atoms with Crippen molar-refractivity contribution < 1.29 is 13.9 Å². The molecule has 7 heteroatoms. The van der Waals surface area contributed by atoms with E-state index in [4.69, 9.17) is 10.00 Å². The lowest BCUT2D eigenvalue weighted by Crippen LogP contribution is -2.38. The van der Waals surface area contributed by atoms with Crippen molar-refractivity contribution >= 4 is 17.3 Å². The van der Waals surface area contributed by atoms with Crippen LogP contribution in [-0.4, -0.2) is 45.3 Å². The molecule has 0 saturated carbocycles. The van der Waals surface area contributed by atoms with Crippen molar-refractivity contribution in [2.24, 2.45) is 0 Å². The molecular formula is C20H21FN4O2. The fourth-order valence-electron chi connectivity index (χ4n) is 3.00. The molecule has 1 heterocycles. The van der Waals surface area contributed by atoms with Gasteiger partial charge in [-0.15, -0.1) is 0 Å². The molecule has 0 radical (unpaired) electrons. The highest BCUT2D eigenvalue weighted by Crippen LogP contribution is 2.21. The number of nitrogens with one attached hydrogen (secondary N) is 2. The van der Waals surface area contributed by atoms with Crippen LogP contribution < -0.4 is 15.5 Å². The third-order valence-electron chi connectivity index (χ3n) is 4.35. The lowest BCUT2D eigenvalue weighted by atomic mass is 10.1. The summed E-state index contributed by atoms with van der Waals surface area (Å²) in [5.41, 5.74) is 1.90. The molecule has 2 aromatic carbocycles. The van der Waals surface area contributed by atoms with Gasteiger partial charge in [-0.05, 0) is 24.3 Å². The lowest BCUT2D eigenvalue weighted by molar-refractivity contribution is 0.0953. The molecule has 0 aromatic heterocycles. The van der Waals surface area contributed by atoms with E-state index in [1.807, 2.05) is 24.3 Å². The smallest absolute Gasteiger partial charge is 0.253 e. The van der Waals surface area contributed by atoms with Gasteiger partial charge in [-0.2, -0.15) is 5.26 Å². The van der Waals surface area contributed by atoms with Gasteiger partial charge in [0, 0.05) is 31.9 Å². The quantitative estimate of drug-likeness (QED) is 0.766. The SMILES string of the molecule is N#Cc1c(F)cccc1NCCNC(=O)c1ccccc1N1CCOCC1. The Labute approximate surface area is 157 Å². The second kappa shape index (κ2) is 9.01. The van der Waals surface area contributed by atoms with E-state index in [-0.39, 0.29) is 11.5 Å². The Kier molecular flexibility index (Phi) is 6.23. The molecule has 0 spiro atoms. The topological polar surface area (TPSA) is 77.4 Å². The maximum absolute atomic E-state index is 13.6. The maximum Gasteiger partial charge on any atom is 0.253 e. The van der Waals surface area contributed by atoms with Crippen molar-refractivity contribution in [1.29, 1.82) is 5.26 Å². The predicted octanol–water partition coefficient (Wildman–Crippen LogP) is 2.38. The molecule has 3 rings (SSSR count). The third-order valence-corrected chi connectivity index (χ3v) is 4.35. The second-order valence-electron chi connectivity index (χ2n) is 6.07. The van der Waals surface area contributed by atoms with Crippen molar-refractivity contribution in [3.8, 4) is 6.07 Å². The Morgan fingerprint density at radius 2 is 1.93 bits per heavy atom. The number of rotatable bonds is 6. The highest BCUT2D eigenvalue weighted by molar-refractivity contribution is 5.99. The molecule has 6 nitrogen and oxygen atoms in total. The average Bonchev–Trinajstić information content (AvgIpc) is 2.72. The number of halogens is 1. The summed E-state index contributed by atoms with van der Waals surface area (Å²) in [6.07, 6.45) is 0. The van der Waals surface area contributed by atoms with Crippen LogP contribution in [0, 0.1) is 17.1 Å². The lowest BCUT2D eigenvalue weighted by Gasteiger charge is -2.30. The zero-order valence-electron chi connectivity index (χ0n) is 14.9. The number of nitriles is 1. The standard InChI is InChI=1S/C20H21FN4O2/c21-17-5-3-6-18(16(17)14-22)23-8-9-24-20(26)15-4-1-2-7-19(15)25-10-12-27-13-11-25/h1-7,23H,8-13H2,(H,24,26). The van der Waals surface area contributed by atoms with Crippen LogP contribution in [-0.2, 0) is 4.74 Å². The van der Waals surface area contributed by atoms with E-state index in [0.717, 1.165) is 18.8 Å². The summed E-state index contributed by atoms with van der Waals surface area (Å²) in [5.74, 6) is -0.732. The summed E-state index contributed by atoms with van der Waals surface area (Å²) < 4.78 is 19.0. The Morgan fingerprint density at radius 3 is 2.70 bits per heavy atom. The fourth-order valence-corrected chi connectivity index (χ4v) is 3.00. The summed E-state index contributed by atoms with van der Waals surface area (Å²) in [5, 5.41) is 14.9. The van der Waals surface area contributed by atoms with Gasteiger partial charge in [-0.25, -0.2) is 4.39 Å². The summed E-state index contributed by atoms with van der Waals surface area (Å²) in [6, 6.07) is 13.7. The molecule has 2 N–H and O–H groups in total. The van der Waals surface area contributed by atoms with E-state index >= 15 is 0 Å². The average molecular weight is 368 g/mol. The van der Waals surface area contributed by atoms with Gasteiger partial charge in [0.05, 0.1) is 24.5 Å². The van der Waals surface area contributed by atoms with Gasteiger partial charge < -0.3 is 20.3 Å². The number of carbonyl (C=O) groups is 1. The highest BCUT2D eigenvalue weighted by Gasteiger charge is 2.18. The van der Waals surface area contributed by atoms with Crippen LogP contribution in [0.5, 0.6) is 0 Å². The molecule has 0 atom stereocenters. The van der Waals surface area contributed by atoms with Gasteiger partial charge in [0.1, 0.15) is 17.4 Å². The molecule has 1 aliphatic heterocycles. The van der Waals surface area contributed by atoms with Crippen LogP contribution in [0.25, 0.3) is 0 Å². The number of amides is 1. The van der Waals surface area contributed by atoms with E-state index in [1.165, 1.54) is 12.1 Å². The van der Waals surface area contributed by atoms with Gasteiger partial charge in [0.2, 0.25) is 0 Å². The van der Waals surface area contributed by atoms with E-state index in [1.54, 1.807) is 12.1 Å². The number of morpholine rings is 1. The fraction of sp³-hybridized carbons (Fsp3) is 0.300. The Bertz CT molecular complexity index is 844. The summed E-state index contributed by atoms with van der Waals surface area (Å²) in [6.45, 7) is 3.52. The predicted molar refractivity (Wildman–Crippen MR) is 101 cm³/mol. The first-order chi connectivity index (χ1) is 13.2. The van der Waals surface area contributed by atoms with Gasteiger partial charge in [-0.3, -0.25) is 4.79 Å². The van der Waals surface area contributed by atoms with E-state index in [9.17, 15) is 9.18 Å². The molecule has 0 unspecified atom stereocenters. The van der Waals surface area contributed by atoms with Gasteiger partial charge in [0.15, 0.2) is 0 Å². The first-order valence-electron chi connectivity index (χ1n) is 8.83. The molecule has 0 aliphatic carbocycles. The number of carbonyl (C=O) groups excluding carboxylic acids is 1. The first kappa shape index (κ1) is 18.7. The minimum atomic E-state index is -0.564. The van der Waals surface area contributed by atoms with Crippen molar-refractivity contribution in [2.45, 2.75) is 0 Å². The van der Waals surface area contributed by atoms with Crippen LogP contribution >= 0.6 is 0 Å². The van der Waals surface area contributed by atoms with Gasteiger partial charge >= 0.3 is 0 Å². The minimum Gasteiger partial charge on any atom is -0.382 e. The van der Waals surface area contributed by atoms with Crippen molar-refractivity contribution in [1.82, 2.24) is 5.32 Å². The zero-order chi connectivity index (χ0) is 19.1. The Hall–Kier alpha value is -3.11. The first-order valence-corrected chi connectivity index (χ1v) is 8.83. The number of hydrogen-bond acceptors (Lipinski definition) is 5. The normalized spacial score (nSPS) is 13.7.